The first kappa shape index (κ1) is 17.1. The molecule has 0 saturated carbocycles. The van der Waals surface area contributed by atoms with E-state index in [-0.39, 0.29) is 11.0 Å². The van der Waals surface area contributed by atoms with Gasteiger partial charge in [-0.25, -0.2) is 0 Å². The number of oxazole rings is 1. The Balaban J connectivity index is 2.04. The van der Waals surface area contributed by atoms with E-state index in [9.17, 15) is 0 Å². The SMILES string of the molecule is CCC1(CC)c2ccccc2-c2oc(-c3ccccc3)c[n+]2C1(C)CC. The molecular weight excluding hydrogens is 318 g/mol. The Kier molecular flexibility index (Phi) is 4.02. The van der Waals surface area contributed by atoms with Gasteiger partial charge in [0.1, 0.15) is 0 Å². The second-order valence-electron chi connectivity index (χ2n) is 7.60. The van der Waals surface area contributed by atoms with Crippen molar-refractivity contribution in [2.75, 3.05) is 0 Å². The maximum absolute atomic E-state index is 6.46. The quantitative estimate of drug-likeness (QED) is 0.522. The van der Waals surface area contributed by atoms with Gasteiger partial charge < -0.3 is 4.42 Å². The average Bonchev–Trinajstić information content (AvgIpc) is 3.16. The maximum Gasteiger partial charge on any atom is 0.381 e. The molecule has 3 aromatic rings. The summed E-state index contributed by atoms with van der Waals surface area (Å²) in [5.74, 6) is 1.93. The highest BCUT2D eigenvalue weighted by Crippen LogP contribution is 2.52. The molecule has 2 nitrogen and oxygen atoms in total. The Morgan fingerprint density at radius 2 is 1.50 bits per heavy atom. The topological polar surface area (TPSA) is 17.0 Å². The molecule has 2 heteroatoms. The van der Waals surface area contributed by atoms with E-state index in [2.05, 4.69) is 87.0 Å². The Morgan fingerprint density at radius 3 is 2.15 bits per heavy atom. The molecule has 1 atom stereocenters. The molecule has 1 aromatic heterocycles. The van der Waals surface area contributed by atoms with Gasteiger partial charge in [0.25, 0.3) is 0 Å². The van der Waals surface area contributed by atoms with E-state index < -0.39 is 0 Å². The molecule has 0 saturated heterocycles. The lowest BCUT2D eigenvalue weighted by Crippen LogP contribution is -2.67. The van der Waals surface area contributed by atoms with E-state index in [4.69, 9.17) is 4.42 Å². The summed E-state index contributed by atoms with van der Waals surface area (Å²) in [6.07, 6.45) is 5.52. The molecule has 1 unspecified atom stereocenters. The van der Waals surface area contributed by atoms with E-state index in [0.29, 0.717) is 0 Å². The third kappa shape index (κ3) is 2.08. The van der Waals surface area contributed by atoms with Gasteiger partial charge in [-0.05, 0) is 24.5 Å². The van der Waals surface area contributed by atoms with Gasteiger partial charge in [0.2, 0.25) is 12.0 Å². The monoisotopic (exact) mass is 346 g/mol. The largest absolute Gasteiger partial charge is 0.398 e. The zero-order valence-corrected chi connectivity index (χ0v) is 16.3. The molecule has 2 heterocycles. The van der Waals surface area contributed by atoms with Crippen LogP contribution in [0.25, 0.3) is 22.8 Å². The van der Waals surface area contributed by atoms with Gasteiger partial charge in [-0.2, -0.15) is 4.57 Å². The fourth-order valence-electron chi connectivity index (χ4n) is 5.15. The van der Waals surface area contributed by atoms with Gasteiger partial charge >= 0.3 is 5.89 Å². The molecule has 0 bridgehead atoms. The normalized spacial score (nSPS) is 20.5. The van der Waals surface area contributed by atoms with Crippen LogP contribution in [0.5, 0.6) is 0 Å². The molecule has 0 amide bonds. The number of nitrogens with zero attached hydrogens (tertiary/aromatic N) is 1. The van der Waals surface area contributed by atoms with Gasteiger partial charge in [0.05, 0.1) is 11.0 Å². The lowest BCUT2D eigenvalue weighted by Gasteiger charge is -2.46. The molecule has 0 N–H and O–H groups in total. The Morgan fingerprint density at radius 1 is 0.846 bits per heavy atom. The van der Waals surface area contributed by atoms with Crippen LogP contribution in [-0.4, -0.2) is 0 Å². The molecule has 134 valence electrons. The summed E-state index contributed by atoms with van der Waals surface area (Å²) < 4.78 is 8.88. The third-order valence-corrected chi connectivity index (χ3v) is 6.86. The second-order valence-corrected chi connectivity index (χ2v) is 7.60. The Hall–Kier alpha value is -2.35. The van der Waals surface area contributed by atoms with E-state index >= 15 is 0 Å². The van der Waals surface area contributed by atoms with Crippen LogP contribution < -0.4 is 4.57 Å². The summed E-state index contributed by atoms with van der Waals surface area (Å²) in [7, 11) is 0. The first-order valence-corrected chi connectivity index (χ1v) is 9.82. The molecule has 2 aromatic carbocycles. The van der Waals surface area contributed by atoms with E-state index in [1.807, 2.05) is 6.07 Å². The third-order valence-electron chi connectivity index (χ3n) is 6.86. The van der Waals surface area contributed by atoms with E-state index in [0.717, 1.165) is 36.5 Å². The van der Waals surface area contributed by atoms with E-state index in [1.54, 1.807) is 0 Å². The van der Waals surface area contributed by atoms with Crippen LogP contribution in [0.3, 0.4) is 0 Å². The fourth-order valence-corrected chi connectivity index (χ4v) is 5.15. The number of hydrogen-bond acceptors (Lipinski definition) is 1. The number of benzene rings is 2. The minimum absolute atomic E-state index is 0.0171. The highest BCUT2D eigenvalue weighted by Gasteiger charge is 2.59. The molecule has 1 aliphatic rings. The standard InChI is InChI=1S/C24H28NO/c1-5-23(4)24(6-2,7-3)20-16-12-11-15-19(20)22-25(23)17-21(26-22)18-13-9-8-10-14-18/h8-17H,5-7H2,1-4H3/q+1. The van der Waals surface area contributed by atoms with Crippen molar-refractivity contribution in [3.8, 4) is 22.8 Å². The minimum atomic E-state index is -0.0171. The first-order valence-electron chi connectivity index (χ1n) is 9.82. The predicted octanol–water partition coefficient (Wildman–Crippen LogP) is 6.10. The summed E-state index contributed by atoms with van der Waals surface area (Å²) in [4.78, 5) is 0. The summed E-state index contributed by atoms with van der Waals surface area (Å²) in [5.41, 5.74) is 3.89. The van der Waals surface area contributed by atoms with Gasteiger partial charge in [0, 0.05) is 18.9 Å². The van der Waals surface area contributed by atoms with Gasteiger partial charge in [-0.15, -0.1) is 0 Å². The predicted molar refractivity (Wildman–Crippen MR) is 106 cm³/mol. The van der Waals surface area contributed by atoms with Crippen molar-refractivity contribution in [3.05, 3.63) is 66.4 Å². The zero-order chi connectivity index (χ0) is 18.4. The Labute approximate surface area is 156 Å². The first-order chi connectivity index (χ1) is 12.6. The van der Waals surface area contributed by atoms with Crippen molar-refractivity contribution in [2.24, 2.45) is 0 Å². The molecule has 1 aliphatic heterocycles. The minimum Gasteiger partial charge on any atom is -0.398 e. The van der Waals surface area contributed by atoms with Crippen LogP contribution >= 0.6 is 0 Å². The molecule has 4 rings (SSSR count). The Bertz CT molecular complexity index is 920. The molecule has 0 radical (unpaired) electrons. The smallest absolute Gasteiger partial charge is 0.381 e. The maximum atomic E-state index is 6.46. The molecular formula is C24H28NO+. The molecule has 0 aliphatic carbocycles. The molecule has 26 heavy (non-hydrogen) atoms. The summed E-state index contributed by atoms with van der Waals surface area (Å²) in [5, 5.41) is 0. The fraction of sp³-hybridized carbons (Fsp3) is 0.375. The number of fused-ring (bicyclic) bond motifs is 3. The molecule has 0 spiro atoms. The summed E-state index contributed by atoms with van der Waals surface area (Å²) >= 11 is 0. The number of hydrogen-bond donors (Lipinski definition) is 0. The van der Waals surface area contributed by atoms with Crippen LogP contribution in [0.15, 0.2) is 65.2 Å². The van der Waals surface area contributed by atoms with Crippen LogP contribution in [-0.2, 0) is 11.0 Å². The van der Waals surface area contributed by atoms with Crippen molar-refractivity contribution in [3.63, 3.8) is 0 Å². The van der Waals surface area contributed by atoms with Gasteiger partial charge in [-0.1, -0.05) is 69.3 Å². The average molecular weight is 346 g/mol. The summed E-state index contributed by atoms with van der Waals surface area (Å²) in [6, 6.07) is 19.2. The highest BCUT2D eigenvalue weighted by molar-refractivity contribution is 5.64. The van der Waals surface area contributed by atoms with Crippen LogP contribution in [0, 0.1) is 0 Å². The zero-order valence-electron chi connectivity index (χ0n) is 16.3. The van der Waals surface area contributed by atoms with Crippen molar-refractivity contribution in [2.45, 2.75) is 57.9 Å². The van der Waals surface area contributed by atoms with E-state index in [1.165, 1.54) is 11.1 Å². The number of aromatic nitrogens is 1. The lowest BCUT2D eigenvalue weighted by molar-refractivity contribution is -0.767. The van der Waals surface area contributed by atoms with Gasteiger partial charge in [0.15, 0.2) is 5.54 Å². The second kappa shape index (κ2) is 6.12. The number of rotatable bonds is 4. The highest BCUT2D eigenvalue weighted by atomic mass is 16.4. The van der Waals surface area contributed by atoms with Crippen LogP contribution in [0.4, 0.5) is 0 Å². The van der Waals surface area contributed by atoms with Gasteiger partial charge in [-0.3, -0.25) is 0 Å². The van der Waals surface area contributed by atoms with Crippen molar-refractivity contribution >= 4 is 0 Å². The van der Waals surface area contributed by atoms with Crippen LogP contribution in [0.2, 0.25) is 0 Å². The van der Waals surface area contributed by atoms with Crippen molar-refractivity contribution in [1.82, 2.24) is 0 Å². The van der Waals surface area contributed by atoms with Crippen molar-refractivity contribution < 1.29 is 8.98 Å². The lowest BCUT2D eigenvalue weighted by atomic mass is 9.59. The summed E-state index contributed by atoms with van der Waals surface area (Å²) in [6.45, 7) is 9.37. The van der Waals surface area contributed by atoms with Crippen molar-refractivity contribution in [1.29, 1.82) is 0 Å². The van der Waals surface area contributed by atoms with Crippen LogP contribution in [0.1, 0.15) is 52.5 Å². The molecule has 0 fully saturated rings.